The molecule has 3 heterocycles. The van der Waals surface area contributed by atoms with E-state index in [1.54, 1.807) is 0 Å². The number of para-hydroxylation sites is 1. The summed E-state index contributed by atoms with van der Waals surface area (Å²) in [6.07, 6.45) is 0. The minimum Gasteiger partial charge on any atom is -0.458 e. The summed E-state index contributed by atoms with van der Waals surface area (Å²) in [5, 5.41) is 5.73. The van der Waals surface area contributed by atoms with Gasteiger partial charge in [-0.2, -0.15) is 5.10 Å². The number of hydrogen-bond acceptors (Lipinski definition) is 4. The van der Waals surface area contributed by atoms with E-state index in [1.807, 2.05) is 36.0 Å². The first kappa shape index (κ1) is 13.5. The average Bonchev–Trinajstić information content (AvgIpc) is 3.14. The quantitative estimate of drug-likeness (QED) is 0.745. The van der Waals surface area contributed by atoms with Crippen molar-refractivity contribution in [2.24, 2.45) is 7.05 Å². The molecule has 0 bridgehead atoms. The van der Waals surface area contributed by atoms with Crippen molar-refractivity contribution in [2.75, 3.05) is 26.3 Å². The van der Waals surface area contributed by atoms with Gasteiger partial charge in [0, 0.05) is 25.5 Å². The number of fused-ring (bicyclic) bond motifs is 1. The van der Waals surface area contributed by atoms with Crippen LogP contribution < -0.4 is 0 Å². The third-order valence-electron chi connectivity index (χ3n) is 4.14. The van der Waals surface area contributed by atoms with E-state index in [0.29, 0.717) is 0 Å². The van der Waals surface area contributed by atoms with Gasteiger partial charge in [-0.1, -0.05) is 18.2 Å². The van der Waals surface area contributed by atoms with E-state index in [4.69, 9.17) is 9.15 Å². The van der Waals surface area contributed by atoms with Gasteiger partial charge in [-0.25, -0.2) is 0 Å². The summed E-state index contributed by atoms with van der Waals surface area (Å²) in [5.74, 6) is 1.81. The van der Waals surface area contributed by atoms with Gasteiger partial charge in [-0.3, -0.25) is 9.58 Å². The predicted molar refractivity (Wildman–Crippen MR) is 84.5 cm³/mol. The molecule has 1 fully saturated rings. The normalized spacial score (nSPS) is 16.4. The summed E-state index contributed by atoms with van der Waals surface area (Å²) < 4.78 is 13.3. The lowest BCUT2D eigenvalue weighted by atomic mass is 10.2. The van der Waals surface area contributed by atoms with E-state index in [1.165, 1.54) is 0 Å². The Kier molecular flexibility index (Phi) is 3.44. The molecule has 0 spiro atoms. The second-order valence-electron chi connectivity index (χ2n) is 5.64. The second kappa shape index (κ2) is 5.59. The van der Waals surface area contributed by atoms with E-state index in [2.05, 4.69) is 22.1 Å². The first-order valence-corrected chi connectivity index (χ1v) is 7.62. The average molecular weight is 297 g/mol. The van der Waals surface area contributed by atoms with E-state index >= 15 is 0 Å². The highest BCUT2D eigenvalue weighted by atomic mass is 16.5. The fraction of sp³-hybridized carbons (Fsp3) is 0.353. The molecule has 5 nitrogen and oxygen atoms in total. The Balaban J connectivity index is 1.62. The highest BCUT2D eigenvalue weighted by Crippen LogP contribution is 2.29. The zero-order valence-electron chi connectivity index (χ0n) is 12.7. The van der Waals surface area contributed by atoms with Crippen LogP contribution in [0.25, 0.3) is 22.4 Å². The van der Waals surface area contributed by atoms with Gasteiger partial charge >= 0.3 is 0 Å². The molecule has 1 aliphatic rings. The van der Waals surface area contributed by atoms with E-state index in [0.717, 1.165) is 61.0 Å². The summed E-state index contributed by atoms with van der Waals surface area (Å²) in [7, 11) is 1.96. The van der Waals surface area contributed by atoms with Crippen molar-refractivity contribution >= 4 is 10.9 Å². The molecule has 0 amide bonds. The molecule has 0 N–H and O–H groups in total. The van der Waals surface area contributed by atoms with Gasteiger partial charge in [0.15, 0.2) is 5.76 Å². The van der Waals surface area contributed by atoms with Crippen molar-refractivity contribution in [3.63, 3.8) is 0 Å². The van der Waals surface area contributed by atoms with E-state index < -0.39 is 0 Å². The fourth-order valence-corrected chi connectivity index (χ4v) is 2.97. The Morgan fingerprint density at radius 3 is 2.77 bits per heavy atom. The first-order valence-electron chi connectivity index (χ1n) is 7.62. The van der Waals surface area contributed by atoms with Gasteiger partial charge in [0.2, 0.25) is 0 Å². The van der Waals surface area contributed by atoms with Crippen LogP contribution in [0.1, 0.15) is 5.76 Å². The predicted octanol–water partition coefficient (Wildman–Crippen LogP) is 2.67. The summed E-state index contributed by atoms with van der Waals surface area (Å²) in [6.45, 7) is 4.36. The molecule has 0 unspecified atom stereocenters. The number of aryl methyl sites for hydroxylation is 1. The van der Waals surface area contributed by atoms with Crippen LogP contribution in [0.2, 0.25) is 0 Å². The molecular weight excluding hydrogens is 278 g/mol. The molecule has 22 heavy (non-hydrogen) atoms. The monoisotopic (exact) mass is 297 g/mol. The van der Waals surface area contributed by atoms with Crippen LogP contribution >= 0.6 is 0 Å². The molecule has 3 aromatic rings. The number of nitrogens with zero attached hydrogens (tertiary/aromatic N) is 3. The van der Waals surface area contributed by atoms with Crippen molar-refractivity contribution < 1.29 is 9.15 Å². The zero-order chi connectivity index (χ0) is 14.9. The van der Waals surface area contributed by atoms with E-state index in [9.17, 15) is 0 Å². The summed E-state index contributed by atoms with van der Waals surface area (Å²) in [5.41, 5.74) is 2.02. The molecule has 1 saturated heterocycles. The smallest absolute Gasteiger partial charge is 0.155 e. The molecule has 2 aromatic heterocycles. The molecule has 5 heteroatoms. The number of furan rings is 1. The summed E-state index contributed by atoms with van der Waals surface area (Å²) >= 11 is 0. The number of hydrogen-bond donors (Lipinski definition) is 0. The van der Waals surface area contributed by atoms with Gasteiger partial charge < -0.3 is 9.15 Å². The number of ether oxygens (including phenoxy) is 1. The van der Waals surface area contributed by atoms with Crippen molar-refractivity contribution in [3.05, 3.63) is 42.2 Å². The maximum Gasteiger partial charge on any atom is 0.155 e. The van der Waals surface area contributed by atoms with Crippen LogP contribution in [0.3, 0.4) is 0 Å². The number of rotatable bonds is 3. The molecule has 1 aromatic carbocycles. The minimum atomic E-state index is 0.804. The maximum atomic E-state index is 6.04. The van der Waals surface area contributed by atoms with Crippen molar-refractivity contribution in [2.45, 2.75) is 6.54 Å². The zero-order valence-corrected chi connectivity index (χ0v) is 12.7. The van der Waals surface area contributed by atoms with Crippen LogP contribution in [-0.2, 0) is 18.3 Å². The molecular formula is C17H19N3O2. The Morgan fingerprint density at radius 1 is 1.09 bits per heavy atom. The van der Waals surface area contributed by atoms with Crippen LogP contribution in [0.15, 0.2) is 40.8 Å². The standard InChI is InChI=1S/C17H19N3O2/c1-19-15-5-3-2-4-14(15)17(18-19)16-7-6-13(22-16)12-20-8-10-21-11-9-20/h2-7H,8-12H2,1H3. The third kappa shape index (κ3) is 2.42. The Bertz CT molecular complexity index is 784. The summed E-state index contributed by atoms with van der Waals surface area (Å²) in [4.78, 5) is 2.35. The van der Waals surface area contributed by atoms with Gasteiger partial charge in [-0.15, -0.1) is 0 Å². The Morgan fingerprint density at radius 2 is 1.91 bits per heavy atom. The van der Waals surface area contributed by atoms with Crippen molar-refractivity contribution in [1.82, 2.24) is 14.7 Å². The van der Waals surface area contributed by atoms with Crippen LogP contribution in [-0.4, -0.2) is 41.0 Å². The van der Waals surface area contributed by atoms with Crippen LogP contribution in [0, 0.1) is 0 Å². The minimum absolute atomic E-state index is 0.804. The lowest BCUT2D eigenvalue weighted by Gasteiger charge is -2.25. The fourth-order valence-electron chi connectivity index (χ4n) is 2.97. The number of benzene rings is 1. The molecule has 4 rings (SSSR count). The number of aromatic nitrogens is 2. The van der Waals surface area contributed by atoms with E-state index in [-0.39, 0.29) is 0 Å². The maximum absolute atomic E-state index is 6.04. The lowest BCUT2D eigenvalue weighted by Crippen LogP contribution is -2.35. The number of morpholine rings is 1. The van der Waals surface area contributed by atoms with Crippen molar-refractivity contribution in [3.8, 4) is 11.5 Å². The van der Waals surface area contributed by atoms with Gasteiger partial charge in [0.05, 0.1) is 25.3 Å². The third-order valence-corrected chi connectivity index (χ3v) is 4.14. The van der Waals surface area contributed by atoms with Crippen molar-refractivity contribution in [1.29, 1.82) is 0 Å². The summed E-state index contributed by atoms with van der Waals surface area (Å²) in [6, 6.07) is 12.3. The molecule has 114 valence electrons. The topological polar surface area (TPSA) is 43.4 Å². The first-order chi connectivity index (χ1) is 10.8. The Labute approximate surface area is 129 Å². The van der Waals surface area contributed by atoms with Crippen LogP contribution in [0.5, 0.6) is 0 Å². The second-order valence-corrected chi connectivity index (χ2v) is 5.64. The Hall–Kier alpha value is -2.11. The largest absolute Gasteiger partial charge is 0.458 e. The highest BCUT2D eigenvalue weighted by molar-refractivity contribution is 5.91. The molecule has 0 atom stereocenters. The molecule has 0 saturated carbocycles. The molecule has 0 aliphatic carbocycles. The van der Waals surface area contributed by atoms with Gasteiger partial charge in [0.25, 0.3) is 0 Å². The molecule has 1 aliphatic heterocycles. The SMILES string of the molecule is Cn1nc(-c2ccc(CN3CCOCC3)o2)c2ccccc21. The van der Waals surface area contributed by atoms with Gasteiger partial charge in [-0.05, 0) is 18.2 Å². The van der Waals surface area contributed by atoms with Crippen LogP contribution in [0.4, 0.5) is 0 Å². The lowest BCUT2D eigenvalue weighted by molar-refractivity contribution is 0.0314. The molecule has 0 radical (unpaired) electrons. The van der Waals surface area contributed by atoms with Gasteiger partial charge in [0.1, 0.15) is 11.5 Å². The highest BCUT2D eigenvalue weighted by Gasteiger charge is 2.16.